The number of carbonyl (C=O) groups is 1. The van der Waals surface area contributed by atoms with Crippen LogP contribution in [0, 0.1) is 0 Å². The van der Waals surface area contributed by atoms with Gasteiger partial charge in [0.2, 0.25) is 10.0 Å². The van der Waals surface area contributed by atoms with Gasteiger partial charge in [-0.25, -0.2) is 13.1 Å². The van der Waals surface area contributed by atoms with Gasteiger partial charge in [0.05, 0.1) is 15.5 Å². The SMILES string of the molecule is CCCCCN1C(=O)/C(=C/c2cn(-c3ccccc3)nc2-c2cccc(S(=O)(=O)N3CCCC3)c2)SC1=S. The lowest BCUT2D eigenvalue weighted by Crippen LogP contribution is -2.28. The number of amides is 1. The fourth-order valence-corrected chi connectivity index (χ4v) is 7.53. The van der Waals surface area contributed by atoms with Gasteiger partial charge in [-0.3, -0.25) is 9.69 Å². The van der Waals surface area contributed by atoms with Crippen LogP contribution in [0.25, 0.3) is 23.0 Å². The van der Waals surface area contributed by atoms with Crippen LogP contribution in [0.4, 0.5) is 0 Å². The van der Waals surface area contributed by atoms with Gasteiger partial charge in [-0.2, -0.15) is 9.40 Å². The van der Waals surface area contributed by atoms with Crippen molar-refractivity contribution in [2.45, 2.75) is 43.9 Å². The van der Waals surface area contributed by atoms with Crippen molar-refractivity contribution in [1.82, 2.24) is 19.0 Å². The molecule has 2 aromatic carbocycles. The van der Waals surface area contributed by atoms with E-state index in [4.69, 9.17) is 17.3 Å². The van der Waals surface area contributed by atoms with Gasteiger partial charge in [-0.1, -0.05) is 74.1 Å². The maximum absolute atomic E-state index is 13.3. The van der Waals surface area contributed by atoms with Crippen LogP contribution in [-0.2, 0) is 14.8 Å². The lowest BCUT2D eigenvalue weighted by Gasteiger charge is -2.16. The Bertz CT molecular complexity index is 1480. The first kappa shape index (κ1) is 26.8. The van der Waals surface area contributed by atoms with E-state index in [2.05, 4.69) is 6.92 Å². The van der Waals surface area contributed by atoms with Crippen molar-refractivity contribution in [2.24, 2.45) is 0 Å². The van der Waals surface area contributed by atoms with Gasteiger partial charge in [0.25, 0.3) is 5.91 Å². The maximum atomic E-state index is 13.3. The molecule has 1 aromatic heterocycles. The third-order valence-electron chi connectivity index (χ3n) is 6.72. The Labute approximate surface area is 233 Å². The molecule has 2 fully saturated rings. The molecular formula is C28H30N4O3S3. The van der Waals surface area contributed by atoms with Gasteiger partial charge in [0.15, 0.2) is 0 Å². The Kier molecular flexibility index (Phi) is 8.13. The average Bonchev–Trinajstić information content (AvgIpc) is 3.67. The number of hydrogen-bond acceptors (Lipinski definition) is 6. The molecule has 38 heavy (non-hydrogen) atoms. The molecule has 0 unspecified atom stereocenters. The minimum atomic E-state index is -3.58. The second-order valence-corrected chi connectivity index (χ2v) is 13.0. The Hall–Kier alpha value is -2.79. The van der Waals surface area contributed by atoms with Gasteiger partial charge in [0.1, 0.15) is 10.0 Å². The second kappa shape index (κ2) is 11.5. The van der Waals surface area contributed by atoms with Crippen LogP contribution in [0.3, 0.4) is 0 Å². The van der Waals surface area contributed by atoms with E-state index in [0.717, 1.165) is 43.4 Å². The summed E-state index contributed by atoms with van der Waals surface area (Å²) in [5.41, 5.74) is 2.85. The number of thioether (sulfide) groups is 1. The summed E-state index contributed by atoms with van der Waals surface area (Å²) in [6.07, 6.45) is 8.46. The van der Waals surface area contributed by atoms with E-state index in [0.29, 0.717) is 40.1 Å². The summed E-state index contributed by atoms with van der Waals surface area (Å²) in [6.45, 7) is 3.82. The van der Waals surface area contributed by atoms with Crippen LogP contribution in [-0.4, -0.2) is 57.3 Å². The van der Waals surface area contributed by atoms with Crippen molar-refractivity contribution >= 4 is 50.3 Å². The summed E-state index contributed by atoms with van der Waals surface area (Å²) in [7, 11) is -3.58. The Morgan fingerprint density at radius 1 is 1.05 bits per heavy atom. The lowest BCUT2D eigenvalue weighted by molar-refractivity contribution is -0.122. The van der Waals surface area contributed by atoms with Gasteiger partial charge >= 0.3 is 0 Å². The zero-order valence-electron chi connectivity index (χ0n) is 21.2. The number of benzene rings is 2. The van der Waals surface area contributed by atoms with Gasteiger partial charge in [0, 0.05) is 37.0 Å². The second-order valence-electron chi connectivity index (χ2n) is 9.39. The maximum Gasteiger partial charge on any atom is 0.266 e. The number of rotatable bonds is 9. The van der Waals surface area contributed by atoms with Crippen LogP contribution >= 0.6 is 24.0 Å². The average molecular weight is 567 g/mol. The molecule has 10 heteroatoms. The van der Waals surface area contributed by atoms with E-state index in [1.165, 1.54) is 11.8 Å². The number of hydrogen-bond donors (Lipinski definition) is 0. The summed E-state index contributed by atoms with van der Waals surface area (Å²) in [4.78, 5) is 15.7. The highest BCUT2D eigenvalue weighted by atomic mass is 32.2. The van der Waals surface area contributed by atoms with Gasteiger partial charge in [-0.05, 0) is 49.6 Å². The number of sulfonamides is 1. The standard InChI is InChI=1S/C28H30N4O3S3/c1-2-3-7-17-31-27(33)25(37-28(31)36)19-22-20-32(23-12-5-4-6-13-23)29-26(22)21-11-10-14-24(18-21)38(34,35)30-15-8-9-16-30/h4-6,10-14,18-20H,2-3,7-9,15-17H2,1H3/b25-19-. The van der Waals surface area contributed by atoms with E-state index in [-0.39, 0.29) is 10.8 Å². The first-order valence-electron chi connectivity index (χ1n) is 12.9. The zero-order valence-corrected chi connectivity index (χ0v) is 23.7. The molecular weight excluding hydrogens is 537 g/mol. The van der Waals surface area contributed by atoms with Crippen molar-refractivity contribution in [3.05, 3.63) is 71.3 Å². The van der Waals surface area contributed by atoms with Crippen LogP contribution in [0.1, 0.15) is 44.6 Å². The molecule has 0 saturated carbocycles. The molecule has 0 aliphatic carbocycles. The normalized spacial score (nSPS) is 17.7. The zero-order chi connectivity index (χ0) is 26.7. The number of unbranched alkanes of at least 4 members (excludes halogenated alkanes) is 2. The summed E-state index contributed by atoms with van der Waals surface area (Å²) >= 11 is 6.81. The molecule has 0 atom stereocenters. The van der Waals surface area contributed by atoms with Crippen molar-refractivity contribution < 1.29 is 13.2 Å². The third kappa shape index (κ3) is 5.49. The molecule has 1 amide bonds. The number of nitrogens with zero attached hydrogens (tertiary/aromatic N) is 4. The molecule has 198 valence electrons. The monoisotopic (exact) mass is 566 g/mol. The van der Waals surface area contributed by atoms with Crippen molar-refractivity contribution in [3.63, 3.8) is 0 Å². The van der Waals surface area contributed by atoms with Crippen LogP contribution < -0.4 is 0 Å². The molecule has 3 heterocycles. The van der Waals surface area contributed by atoms with Crippen molar-refractivity contribution in [1.29, 1.82) is 0 Å². The van der Waals surface area contributed by atoms with E-state index < -0.39 is 10.0 Å². The minimum Gasteiger partial charge on any atom is -0.293 e. The quantitative estimate of drug-likeness (QED) is 0.188. The number of para-hydroxylation sites is 1. The Morgan fingerprint density at radius 2 is 1.82 bits per heavy atom. The van der Waals surface area contributed by atoms with Gasteiger partial charge < -0.3 is 0 Å². The largest absolute Gasteiger partial charge is 0.293 e. The molecule has 0 radical (unpaired) electrons. The number of thiocarbonyl (C=S) groups is 1. The van der Waals surface area contributed by atoms with Crippen LogP contribution in [0.15, 0.2) is 70.6 Å². The highest BCUT2D eigenvalue weighted by molar-refractivity contribution is 8.26. The number of carbonyl (C=O) groups excluding carboxylic acids is 1. The van der Waals surface area contributed by atoms with Crippen LogP contribution in [0.5, 0.6) is 0 Å². The fourth-order valence-electron chi connectivity index (χ4n) is 4.67. The summed E-state index contributed by atoms with van der Waals surface area (Å²) in [6, 6.07) is 16.6. The first-order valence-corrected chi connectivity index (χ1v) is 15.6. The molecule has 0 bridgehead atoms. The molecule has 5 rings (SSSR count). The molecule has 2 aliphatic rings. The highest BCUT2D eigenvalue weighted by Gasteiger charge is 2.32. The van der Waals surface area contributed by atoms with E-state index >= 15 is 0 Å². The van der Waals surface area contributed by atoms with Crippen LogP contribution in [0.2, 0.25) is 0 Å². The minimum absolute atomic E-state index is 0.0973. The predicted molar refractivity (Wildman–Crippen MR) is 156 cm³/mol. The predicted octanol–water partition coefficient (Wildman–Crippen LogP) is 5.72. The van der Waals surface area contributed by atoms with E-state index in [1.807, 2.05) is 48.7 Å². The van der Waals surface area contributed by atoms with E-state index in [9.17, 15) is 13.2 Å². The third-order valence-corrected chi connectivity index (χ3v) is 9.99. The highest BCUT2D eigenvalue weighted by Crippen LogP contribution is 2.35. The molecule has 7 nitrogen and oxygen atoms in total. The molecule has 2 aliphatic heterocycles. The molecule has 3 aromatic rings. The molecule has 0 spiro atoms. The summed E-state index contributed by atoms with van der Waals surface area (Å²) < 4.78 is 30.4. The molecule has 2 saturated heterocycles. The number of aromatic nitrogens is 2. The van der Waals surface area contributed by atoms with Crippen molar-refractivity contribution in [3.8, 4) is 16.9 Å². The Balaban J connectivity index is 1.55. The van der Waals surface area contributed by atoms with Crippen molar-refractivity contribution in [2.75, 3.05) is 19.6 Å². The van der Waals surface area contributed by atoms with E-state index in [1.54, 1.807) is 32.1 Å². The summed E-state index contributed by atoms with van der Waals surface area (Å²) in [5.74, 6) is -0.0973. The smallest absolute Gasteiger partial charge is 0.266 e. The fraction of sp³-hybridized carbons (Fsp3) is 0.321. The Morgan fingerprint density at radius 3 is 2.55 bits per heavy atom. The topological polar surface area (TPSA) is 75.5 Å². The van der Waals surface area contributed by atoms with Gasteiger partial charge in [-0.15, -0.1) is 0 Å². The summed E-state index contributed by atoms with van der Waals surface area (Å²) in [5, 5.41) is 4.83. The molecule has 0 N–H and O–H groups in total. The lowest BCUT2D eigenvalue weighted by atomic mass is 10.1. The first-order chi connectivity index (χ1) is 18.4.